The molecule has 1 aliphatic heterocycles. The van der Waals surface area contributed by atoms with Crippen LogP contribution in [0.15, 0.2) is 54.7 Å². The summed E-state index contributed by atoms with van der Waals surface area (Å²) in [5, 5.41) is 5.25. The average molecular weight is 457 g/mol. The Morgan fingerprint density at radius 2 is 1.97 bits per heavy atom. The third-order valence-electron chi connectivity index (χ3n) is 6.90. The number of hydrogen-bond donors (Lipinski definition) is 2. The van der Waals surface area contributed by atoms with Gasteiger partial charge < -0.3 is 15.0 Å². The summed E-state index contributed by atoms with van der Waals surface area (Å²) in [6.45, 7) is 5.21. The number of aryl methyl sites for hydroxylation is 2. The van der Waals surface area contributed by atoms with Crippen LogP contribution in [0.2, 0.25) is 0 Å². The van der Waals surface area contributed by atoms with Crippen molar-refractivity contribution in [3.05, 3.63) is 77.1 Å². The number of benzene rings is 2. The zero-order valence-electron chi connectivity index (χ0n) is 19.6. The summed E-state index contributed by atoms with van der Waals surface area (Å²) in [5.41, 5.74) is 5.90. The van der Waals surface area contributed by atoms with Gasteiger partial charge in [0.25, 0.3) is 5.91 Å². The second-order valence-corrected chi connectivity index (χ2v) is 9.00. The van der Waals surface area contributed by atoms with Gasteiger partial charge in [-0.05, 0) is 61.7 Å². The number of aromatic amines is 1. The van der Waals surface area contributed by atoms with E-state index < -0.39 is 6.04 Å². The normalized spacial score (nSPS) is 18.4. The molecule has 4 aromatic rings. The molecule has 2 aromatic carbocycles. The maximum Gasteiger partial charge on any atom is 0.323 e. The molecule has 2 atom stereocenters. The lowest BCUT2D eigenvalue weighted by atomic mass is 10.1. The van der Waals surface area contributed by atoms with Gasteiger partial charge in [-0.1, -0.05) is 18.2 Å². The second-order valence-electron chi connectivity index (χ2n) is 9.00. The van der Waals surface area contributed by atoms with Gasteiger partial charge in [0.2, 0.25) is 0 Å². The predicted octanol–water partition coefficient (Wildman–Crippen LogP) is 3.88. The molecule has 0 aliphatic carbocycles. The minimum atomic E-state index is -0.417. The number of carbonyl (C=O) groups is 2. The molecule has 3 heterocycles. The predicted molar refractivity (Wildman–Crippen MR) is 132 cm³/mol. The third kappa shape index (κ3) is 4.03. The number of likely N-dealkylation sites (tertiary alicyclic amines) is 1. The molecule has 2 aromatic heterocycles. The van der Waals surface area contributed by atoms with Gasteiger partial charge in [-0.15, -0.1) is 0 Å². The fourth-order valence-electron chi connectivity index (χ4n) is 4.95. The van der Waals surface area contributed by atoms with Crippen molar-refractivity contribution in [2.75, 3.05) is 13.7 Å². The fraction of sp³-hybridized carbons (Fsp3) is 0.296. The summed E-state index contributed by atoms with van der Waals surface area (Å²) in [5.74, 6) is -0.417. The van der Waals surface area contributed by atoms with Crippen LogP contribution in [-0.4, -0.2) is 52.5 Å². The van der Waals surface area contributed by atoms with Crippen LogP contribution < -0.4 is 5.32 Å². The van der Waals surface area contributed by atoms with Crippen molar-refractivity contribution in [2.24, 2.45) is 0 Å². The maximum absolute atomic E-state index is 13.1. The van der Waals surface area contributed by atoms with E-state index in [1.165, 1.54) is 7.11 Å². The average Bonchev–Trinajstić information content (AvgIpc) is 3.38. The summed E-state index contributed by atoms with van der Waals surface area (Å²) in [4.78, 5) is 35.5. The van der Waals surface area contributed by atoms with Crippen LogP contribution in [0.4, 0.5) is 0 Å². The highest BCUT2D eigenvalue weighted by Crippen LogP contribution is 2.26. The SMILES string of the molecule is COC(=O)[C@@H]1C[C@H](NC(=O)c2ccc3[nH]c(C)c(C)c3c2)CN1Cc1ccnc2ccccc12. The Morgan fingerprint density at radius 1 is 1.15 bits per heavy atom. The number of esters is 1. The van der Waals surface area contributed by atoms with Crippen LogP contribution in [0, 0.1) is 13.8 Å². The highest BCUT2D eigenvalue weighted by molar-refractivity contribution is 5.99. The summed E-state index contributed by atoms with van der Waals surface area (Å²) in [7, 11) is 1.41. The number of H-pyrrole nitrogens is 1. The van der Waals surface area contributed by atoms with Crippen LogP contribution in [0.25, 0.3) is 21.8 Å². The molecule has 1 aliphatic rings. The Hall–Kier alpha value is -3.71. The minimum absolute atomic E-state index is 0.134. The highest BCUT2D eigenvalue weighted by atomic mass is 16.5. The van der Waals surface area contributed by atoms with Gasteiger partial charge in [-0.2, -0.15) is 0 Å². The van der Waals surface area contributed by atoms with Crippen LogP contribution >= 0.6 is 0 Å². The molecule has 1 amide bonds. The van der Waals surface area contributed by atoms with Gasteiger partial charge >= 0.3 is 5.97 Å². The third-order valence-corrected chi connectivity index (χ3v) is 6.90. The Bertz CT molecular complexity index is 1390. The number of ether oxygens (including phenoxy) is 1. The van der Waals surface area contributed by atoms with E-state index in [-0.39, 0.29) is 17.9 Å². The molecule has 34 heavy (non-hydrogen) atoms. The van der Waals surface area contributed by atoms with E-state index >= 15 is 0 Å². The summed E-state index contributed by atoms with van der Waals surface area (Å²) in [6, 6.07) is 15.1. The lowest BCUT2D eigenvalue weighted by molar-refractivity contribution is -0.146. The van der Waals surface area contributed by atoms with Crippen molar-refractivity contribution in [3.8, 4) is 0 Å². The smallest absolute Gasteiger partial charge is 0.323 e. The highest BCUT2D eigenvalue weighted by Gasteiger charge is 2.38. The number of para-hydroxylation sites is 1. The van der Waals surface area contributed by atoms with Crippen LogP contribution in [0.5, 0.6) is 0 Å². The van der Waals surface area contributed by atoms with E-state index in [2.05, 4.69) is 27.1 Å². The van der Waals surface area contributed by atoms with Crippen molar-refractivity contribution in [2.45, 2.75) is 38.9 Å². The molecule has 2 N–H and O–H groups in total. The molecule has 7 nitrogen and oxygen atoms in total. The number of fused-ring (bicyclic) bond motifs is 2. The molecule has 0 saturated carbocycles. The lowest BCUT2D eigenvalue weighted by Crippen LogP contribution is -2.37. The number of pyridine rings is 1. The standard InChI is InChI=1S/C27H28N4O3/c1-16-17(2)29-24-9-8-18(12-22(16)24)26(32)30-20-13-25(27(33)34-3)31(15-20)14-19-10-11-28-23-7-5-4-6-21(19)23/h4-12,20,25,29H,13-15H2,1-3H3,(H,30,32)/t20-,25-/m0/s1. The first kappa shape index (κ1) is 22.1. The van der Waals surface area contributed by atoms with E-state index in [0.29, 0.717) is 25.1 Å². The Morgan fingerprint density at radius 3 is 2.79 bits per heavy atom. The molecule has 0 spiro atoms. The number of rotatable bonds is 5. The van der Waals surface area contributed by atoms with Crippen molar-refractivity contribution in [1.29, 1.82) is 0 Å². The molecule has 7 heteroatoms. The number of nitrogens with zero attached hydrogens (tertiary/aromatic N) is 2. The van der Waals surface area contributed by atoms with E-state index in [9.17, 15) is 9.59 Å². The zero-order valence-corrected chi connectivity index (χ0v) is 19.6. The molecule has 1 saturated heterocycles. The monoisotopic (exact) mass is 456 g/mol. The number of methoxy groups -OCH3 is 1. The first-order valence-electron chi connectivity index (χ1n) is 11.5. The van der Waals surface area contributed by atoms with Gasteiger partial charge in [-0.3, -0.25) is 19.5 Å². The van der Waals surface area contributed by atoms with Gasteiger partial charge in [0, 0.05) is 52.9 Å². The van der Waals surface area contributed by atoms with Crippen molar-refractivity contribution < 1.29 is 14.3 Å². The summed E-state index contributed by atoms with van der Waals surface area (Å²) >= 11 is 0. The van der Waals surface area contributed by atoms with Crippen LogP contribution in [0.1, 0.15) is 33.6 Å². The van der Waals surface area contributed by atoms with Crippen molar-refractivity contribution >= 4 is 33.7 Å². The van der Waals surface area contributed by atoms with Gasteiger partial charge in [0.15, 0.2) is 0 Å². The van der Waals surface area contributed by atoms with Crippen molar-refractivity contribution in [3.63, 3.8) is 0 Å². The van der Waals surface area contributed by atoms with Crippen LogP contribution in [-0.2, 0) is 16.1 Å². The number of hydrogen-bond acceptors (Lipinski definition) is 5. The topological polar surface area (TPSA) is 87.3 Å². The van der Waals surface area contributed by atoms with E-state index in [0.717, 1.165) is 38.6 Å². The zero-order chi connectivity index (χ0) is 23.8. The van der Waals surface area contributed by atoms with Gasteiger partial charge in [-0.25, -0.2) is 0 Å². The van der Waals surface area contributed by atoms with E-state index in [4.69, 9.17) is 4.74 Å². The lowest BCUT2D eigenvalue weighted by Gasteiger charge is -2.22. The van der Waals surface area contributed by atoms with Gasteiger partial charge in [0.1, 0.15) is 6.04 Å². The largest absolute Gasteiger partial charge is 0.468 e. The molecule has 0 radical (unpaired) electrons. The van der Waals surface area contributed by atoms with Gasteiger partial charge in [0.05, 0.1) is 12.6 Å². The molecule has 0 bridgehead atoms. The Balaban J connectivity index is 1.35. The number of aromatic nitrogens is 2. The maximum atomic E-state index is 13.1. The van der Waals surface area contributed by atoms with E-state index in [1.54, 1.807) is 6.20 Å². The molecular weight excluding hydrogens is 428 g/mol. The molecule has 174 valence electrons. The van der Waals surface area contributed by atoms with Crippen LogP contribution in [0.3, 0.4) is 0 Å². The summed E-state index contributed by atoms with van der Waals surface area (Å²) in [6.07, 6.45) is 2.30. The number of carbonyl (C=O) groups excluding carboxylic acids is 2. The van der Waals surface area contributed by atoms with E-state index in [1.807, 2.05) is 55.5 Å². The molecule has 0 unspecified atom stereocenters. The summed E-state index contributed by atoms with van der Waals surface area (Å²) < 4.78 is 5.08. The first-order valence-corrected chi connectivity index (χ1v) is 11.5. The first-order chi connectivity index (χ1) is 16.4. The second kappa shape index (κ2) is 8.91. The number of amides is 1. The Labute approximate surface area is 198 Å². The quantitative estimate of drug-likeness (QED) is 0.445. The molecule has 1 fully saturated rings. The van der Waals surface area contributed by atoms with Crippen molar-refractivity contribution in [1.82, 2.24) is 20.2 Å². The minimum Gasteiger partial charge on any atom is -0.468 e. The Kier molecular flexibility index (Phi) is 5.79. The number of nitrogens with one attached hydrogen (secondary N) is 2. The molecule has 5 rings (SSSR count). The molecular formula is C27H28N4O3. The fourth-order valence-corrected chi connectivity index (χ4v) is 4.95.